The highest BCUT2D eigenvalue weighted by Gasteiger charge is 2.37. The maximum absolute atomic E-state index is 13.3. The smallest absolute Gasteiger partial charge is 0.337 e. The van der Waals surface area contributed by atoms with Crippen molar-refractivity contribution in [2.24, 2.45) is 0 Å². The van der Waals surface area contributed by atoms with Gasteiger partial charge in [0, 0.05) is 20.6 Å². The first-order valence-electron chi connectivity index (χ1n) is 11.5. The number of rotatable bonds is 7. The Labute approximate surface area is 237 Å². The minimum absolute atomic E-state index is 0.193. The second-order valence-electron chi connectivity index (χ2n) is 8.18. The Bertz CT molecular complexity index is 1470. The van der Waals surface area contributed by atoms with Crippen LogP contribution in [0.2, 0.25) is 5.02 Å². The summed E-state index contributed by atoms with van der Waals surface area (Å²) in [6.07, 6.45) is 1.96. The van der Waals surface area contributed by atoms with Gasteiger partial charge in [-0.25, -0.2) is 14.5 Å². The van der Waals surface area contributed by atoms with E-state index < -0.39 is 23.8 Å². The number of imide groups is 2. The van der Waals surface area contributed by atoms with Gasteiger partial charge in [0.15, 0.2) is 0 Å². The third kappa shape index (κ3) is 5.73. The zero-order chi connectivity index (χ0) is 27.4. The van der Waals surface area contributed by atoms with Gasteiger partial charge >= 0.3 is 12.0 Å². The first-order valence-corrected chi connectivity index (χ1v) is 13.0. The molecule has 8 nitrogen and oxygen atoms in total. The molecule has 0 saturated carbocycles. The minimum Gasteiger partial charge on any atom is -0.494 e. The summed E-state index contributed by atoms with van der Waals surface area (Å²) >= 11 is 8.55. The van der Waals surface area contributed by atoms with Crippen LogP contribution >= 0.6 is 34.2 Å². The summed E-state index contributed by atoms with van der Waals surface area (Å²) in [5.74, 6) is -1.56. The number of halogens is 2. The number of carbonyl (C=O) groups is 4. The number of urea groups is 1. The van der Waals surface area contributed by atoms with E-state index in [9.17, 15) is 19.2 Å². The first kappa shape index (κ1) is 27.3. The van der Waals surface area contributed by atoms with Crippen molar-refractivity contribution < 1.29 is 28.7 Å². The number of anilines is 1. The van der Waals surface area contributed by atoms with Gasteiger partial charge in [-0.3, -0.25) is 14.9 Å². The number of methoxy groups -OCH3 is 1. The fourth-order valence-corrected chi connectivity index (χ4v) is 4.94. The molecule has 0 aromatic heterocycles. The second-order valence-corrected chi connectivity index (χ2v) is 9.75. The van der Waals surface area contributed by atoms with E-state index in [-0.39, 0.29) is 16.8 Å². The molecule has 4 rings (SSSR count). The molecule has 3 aromatic carbocycles. The summed E-state index contributed by atoms with van der Waals surface area (Å²) in [7, 11) is 1.25. The van der Waals surface area contributed by atoms with Crippen molar-refractivity contribution in [2.75, 3.05) is 18.6 Å². The topological polar surface area (TPSA) is 102 Å². The zero-order valence-electron chi connectivity index (χ0n) is 20.4. The summed E-state index contributed by atoms with van der Waals surface area (Å²) in [4.78, 5) is 51.1. The van der Waals surface area contributed by atoms with Crippen LogP contribution in [0.4, 0.5) is 10.5 Å². The molecule has 10 heteroatoms. The quantitative estimate of drug-likeness (QED) is 0.160. The Kier molecular flexibility index (Phi) is 8.48. The van der Waals surface area contributed by atoms with Crippen LogP contribution in [-0.2, 0) is 20.7 Å². The average molecular weight is 645 g/mol. The predicted molar refractivity (Wildman–Crippen MR) is 151 cm³/mol. The Morgan fingerprint density at radius 2 is 1.79 bits per heavy atom. The molecular weight excluding hydrogens is 623 g/mol. The second kappa shape index (κ2) is 11.8. The van der Waals surface area contributed by atoms with Gasteiger partial charge in [-0.1, -0.05) is 29.8 Å². The van der Waals surface area contributed by atoms with Crippen LogP contribution in [0.5, 0.6) is 5.75 Å². The lowest BCUT2D eigenvalue weighted by Gasteiger charge is -2.26. The molecule has 1 heterocycles. The molecule has 38 heavy (non-hydrogen) atoms. The Morgan fingerprint density at radius 1 is 1.08 bits per heavy atom. The highest BCUT2D eigenvalue weighted by molar-refractivity contribution is 14.1. The lowest BCUT2D eigenvalue weighted by molar-refractivity contribution is -0.122. The van der Waals surface area contributed by atoms with E-state index in [1.165, 1.54) is 37.5 Å². The standard InChI is InChI=1S/C28H22ClIN2O6/c1-3-38-24-14-16(13-23(30)20(24)15-18-6-4-5-7-22(18)29)12-21-25(33)31-28(36)32(26(21)34)19-10-8-17(9-11-19)27(35)37-2/h4-14H,3,15H2,1-2H3,(H,31,33,36)/b21-12+. The molecule has 1 fully saturated rings. The maximum atomic E-state index is 13.3. The molecule has 0 aliphatic carbocycles. The number of hydrogen-bond donors (Lipinski definition) is 1. The molecule has 1 aliphatic heterocycles. The molecular formula is C28H22ClIN2O6. The Hall–Kier alpha value is -3.70. The molecule has 0 radical (unpaired) electrons. The molecule has 1 N–H and O–H groups in total. The lowest BCUT2D eigenvalue weighted by Crippen LogP contribution is -2.54. The van der Waals surface area contributed by atoms with Gasteiger partial charge in [-0.15, -0.1) is 0 Å². The molecule has 0 atom stereocenters. The maximum Gasteiger partial charge on any atom is 0.337 e. The normalized spacial score (nSPS) is 14.5. The van der Waals surface area contributed by atoms with Crippen LogP contribution in [0.15, 0.2) is 66.2 Å². The minimum atomic E-state index is -0.886. The van der Waals surface area contributed by atoms with E-state index in [0.29, 0.717) is 29.4 Å². The largest absolute Gasteiger partial charge is 0.494 e. The number of benzene rings is 3. The van der Waals surface area contributed by atoms with Gasteiger partial charge < -0.3 is 9.47 Å². The molecule has 1 aliphatic rings. The Morgan fingerprint density at radius 3 is 2.45 bits per heavy atom. The van der Waals surface area contributed by atoms with Crippen LogP contribution < -0.4 is 15.0 Å². The molecule has 0 spiro atoms. The Balaban J connectivity index is 1.69. The number of ether oxygens (including phenoxy) is 2. The number of nitrogens with zero attached hydrogens (tertiary/aromatic N) is 1. The summed E-state index contributed by atoms with van der Waals surface area (Å²) in [5, 5.41) is 2.85. The van der Waals surface area contributed by atoms with Crippen LogP contribution in [0, 0.1) is 3.57 Å². The van der Waals surface area contributed by atoms with Crippen molar-refractivity contribution in [1.82, 2.24) is 5.32 Å². The molecule has 4 amide bonds. The van der Waals surface area contributed by atoms with E-state index >= 15 is 0 Å². The fourth-order valence-electron chi connectivity index (χ4n) is 3.93. The van der Waals surface area contributed by atoms with Crippen LogP contribution in [0.3, 0.4) is 0 Å². The SMILES string of the molecule is CCOc1cc(/C=C2\C(=O)NC(=O)N(c3ccc(C(=O)OC)cc3)C2=O)cc(I)c1Cc1ccccc1Cl. The number of hydrogen-bond acceptors (Lipinski definition) is 6. The number of nitrogens with one attached hydrogen (secondary N) is 1. The summed E-state index contributed by atoms with van der Waals surface area (Å²) in [6, 6.07) is 15.9. The first-order chi connectivity index (χ1) is 18.2. The highest BCUT2D eigenvalue weighted by Crippen LogP contribution is 2.32. The zero-order valence-corrected chi connectivity index (χ0v) is 23.3. The number of amides is 4. The van der Waals surface area contributed by atoms with Gasteiger partial charge in [0.05, 0.1) is 25.0 Å². The van der Waals surface area contributed by atoms with Crippen molar-refractivity contribution in [2.45, 2.75) is 13.3 Å². The van der Waals surface area contributed by atoms with E-state index in [2.05, 4.69) is 32.6 Å². The van der Waals surface area contributed by atoms with Gasteiger partial charge in [0.2, 0.25) is 0 Å². The number of esters is 1. The van der Waals surface area contributed by atoms with Gasteiger partial charge in [-0.05, 0) is 89.2 Å². The molecule has 0 bridgehead atoms. The third-order valence-electron chi connectivity index (χ3n) is 5.76. The van der Waals surface area contributed by atoms with Crippen LogP contribution in [-0.4, -0.2) is 37.5 Å². The van der Waals surface area contributed by atoms with Crippen LogP contribution in [0.1, 0.15) is 34.0 Å². The number of carbonyl (C=O) groups excluding carboxylic acids is 4. The monoisotopic (exact) mass is 644 g/mol. The van der Waals surface area contributed by atoms with Gasteiger partial charge in [0.25, 0.3) is 11.8 Å². The van der Waals surface area contributed by atoms with E-state index in [1.807, 2.05) is 37.3 Å². The van der Waals surface area contributed by atoms with Crippen molar-refractivity contribution in [3.63, 3.8) is 0 Å². The van der Waals surface area contributed by atoms with Crippen molar-refractivity contribution in [1.29, 1.82) is 0 Å². The molecule has 194 valence electrons. The third-order valence-corrected chi connectivity index (χ3v) is 7.09. The molecule has 0 unspecified atom stereocenters. The number of barbiturate groups is 1. The molecule has 3 aromatic rings. The van der Waals surface area contributed by atoms with E-state index in [0.717, 1.165) is 19.6 Å². The molecule has 1 saturated heterocycles. The summed E-state index contributed by atoms with van der Waals surface area (Å²) in [5.41, 5.74) is 2.63. The van der Waals surface area contributed by atoms with E-state index in [1.54, 1.807) is 6.07 Å². The van der Waals surface area contributed by atoms with Gasteiger partial charge in [-0.2, -0.15) is 0 Å². The summed E-state index contributed by atoms with van der Waals surface area (Å²) < 4.78 is 11.4. The van der Waals surface area contributed by atoms with Crippen LogP contribution in [0.25, 0.3) is 6.08 Å². The predicted octanol–water partition coefficient (Wildman–Crippen LogP) is 5.39. The van der Waals surface area contributed by atoms with Gasteiger partial charge in [0.1, 0.15) is 11.3 Å². The van der Waals surface area contributed by atoms with Crippen molar-refractivity contribution in [3.8, 4) is 5.75 Å². The fraction of sp³-hybridized carbons (Fsp3) is 0.143. The van der Waals surface area contributed by atoms with E-state index in [4.69, 9.17) is 16.3 Å². The van der Waals surface area contributed by atoms with Crippen molar-refractivity contribution >= 4 is 69.8 Å². The highest BCUT2D eigenvalue weighted by atomic mass is 127. The summed E-state index contributed by atoms with van der Waals surface area (Å²) in [6.45, 7) is 2.28. The average Bonchev–Trinajstić information content (AvgIpc) is 2.89. The lowest BCUT2D eigenvalue weighted by atomic mass is 10.0. The van der Waals surface area contributed by atoms with Crippen molar-refractivity contribution in [3.05, 3.63) is 97.1 Å².